The fourth-order valence-electron chi connectivity index (χ4n) is 1.55. The Morgan fingerprint density at radius 3 is 2.95 bits per heavy atom. The van der Waals surface area contributed by atoms with E-state index in [4.69, 9.17) is 16.3 Å². The van der Waals surface area contributed by atoms with Gasteiger partial charge in [0.15, 0.2) is 0 Å². The summed E-state index contributed by atoms with van der Waals surface area (Å²) < 4.78 is 9.98. The highest BCUT2D eigenvalue weighted by Crippen LogP contribution is 2.27. The van der Waals surface area contributed by atoms with E-state index < -0.39 is 0 Å². The average molecular weight is 317 g/mol. The largest absolute Gasteiger partial charge is 0.462 e. The van der Waals surface area contributed by atoms with Crippen molar-refractivity contribution in [3.05, 3.63) is 32.6 Å². The van der Waals surface area contributed by atoms with Crippen LogP contribution in [0.1, 0.15) is 27.9 Å². The summed E-state index contributed by atoms with van der Waals surface area (Å²) in [4.78, 5) is 13.0. The van der Waals surface area contributed by atoms with Crippen LogP contribution in [-0.4, -0.2) is 16.9 Å². The van der Waals surface area contributed by atoms with Crippen molar-refractivity contribution in [1.82, 2.24) is 4.37 Å². The Kier molecular flexibility index (Phi) is 4.79. The summed E-state index contributed by atoms with van der Waals surface area (Å²) in [5.74, 6) is -0.333. The summed E-state index contributed by atoms with van der Waals surface area (Å²) in [7, 11) is 0. The quantitative estimate of drug-likeness (QED) is 0.848. The van der Waals surface area contributed by atoms with E-state index in [2.05, 4.69) is 9.69 Å². The van der Waals surface area contributed by atoms with Crippen LogP contribution in [0.3, 0.4) is 0 Å². The van der Waals surface area contributed by atoms with Crippen LogP contribution >= 0.6 is 34.5 Å². The molecule has 2 aromatic rings. The van der Waals surface area contributed by atoms with Crippen molar-refractivity contribution in [2.24, 2.45) is 0 Å². The second-order valence-corrected chi connectivity index (χ2v) is 6.32. The number of halogens is 1. The third-order valence-electron chi connectivity index (χ3n) is 2.39. The number of thiophene rings is 1. The molecular weight excluding hydrogens is 304 g/mol. The van der Waals surface area contributed by atoms with Gasteiger partial charge in [0.25, 0.3) is 0 Å². The minimum atomic E-state index is -0.333. The zero-order valence-corrected chi connectivity index (χ0v) is 12.9. The normalized spacial score (nSPS) is 10.5. The molecule has 0 aliphatic rings. The fraction of sp³-hybridized carbons (Fsp3) is 0.333. The number of nitrogens with zero attached hydrogens (tertiary/aromatic N) is 1. The molecule has 7 heteroatoms. The average Bonchev–Trinajstić information content (AvgIpc) is 2.93. The summed E-state index contributed by atoms with van der Waals surface area (Å²) in [6.07, 6.45) is 0. The molecule has 0 aliphatic heterocycles. The minimum absolute atomic E-state index is 0.333. The van der Waals surface area contributed by atoms with Crippen LogP contribution in [-0.2, 0) is 11.3 Å². The lowest BCUT2D eigenvalue weighted by Crippen LogP contribution is -2.08. The maximum absolute atomic E-state index is 11.8. The summed E-state index contributed by atoms with van der Waals surface area (Å²) >= 11 is 8.65. The van der Waals surface area contributed by atoms with Gasteiger partial charge in [-0.15, -0.1) is 11.3 Å². The Hall–Kier alpha value is -1.11. The highest BCUT2D eigenvalue weighted by Gasteiger charge is 2.19. The maximum atomic E-state index is 11.8. The Bertz CT molecular complexity index is 580. The summed E-state index contributed by atoms with van der Waals surface area (Å²) in [5, 5.41) is 3.95. The van der Waals surface area contributed by atoms with Crippen LogP contribution < -0.4 is 5.32 Å². The third-order valence-corrected chi connectivity index (χ3v) is 4.52. The van der Waals surface area contributed by atoms with E-state index in [1.54, 1.807) is 13.8 Å². The number of rotatable bonds is 5. The van der Waals surface area contributed by atoms with Gasteiger partial charge < -0.3 is 10.1 Å². The van der Waals surface area contributed by atoms with Gasteiger partial charge >= 0.3 is 5.97 Å². The van der Waals surface area contributed by atoms with E-state index in [9.17, 15) is 4.79 Å². The van der Waals surface area contributed by atoms with E-state index in [1.165, 1.54) is 22.9 Å². The smallest absolute Gasteiger partial charge is 0.343 e. The SMILES string of the molecule is CCOC(=O)c1c(C)nsc1NCc1ccc(Cl)s1. The van der Waals surface area contributed by atoms with Crippen LogP contribution in [0.2, 0.25) is 4.34 Å². The molecule has 0 bridgehead atoms. The molecule has 1 N–H and O–H groups in total. The molecule has 0 atom stereocenters. The van der Waals surface area contributed by atoms with Crippen LogP contribution in [0.15, 0.2) is 12.1 Å². The standard InChI is InChI=1S/C12H13ClN2O2S2/c1-3-17-12(16)10-7(2)15-19-11(10)14-6-8-4-5-9(13)18-8/h4-5,14H,3,6H2,1-2H3. The Morgan fingerprint density at radius 1 is 1.53 bits per heavy atom. The number of hydrogen-bond acceptors (Lipinski definition) is 6. The number of aryl methyl sites for hydroxylation is 1. The first-order chi connectivity index (χ1) is 9.11. The van der Waals surface area contributed by atoms with Crippen molar-refractivity contribution in [3.8, 4) is 0 Å². The number of esters is 1. The Labute approximate surface area is 124 Å². The monoisotopic (exact) mass is 316 g/mol. The highest BCUT2D eigenvalue weighted by atomic mass is 35.5. The number of nitrogens with one attached hydrogen (secondary N) is 1. The molecule has 2 heterocycles. The number of carbonyl (C=O) groups is 1. The van der Waals surface area contributed by atoms with E-state index in [0.717, 1.165) is 14.2 Å². The predicted octanol–water partition coefficient (Wildman–Crippen LogP) is 3.96. The molecule has 2 aromatic heterocycles. The lowest BCUT2D eigenvalue weighted by Gasteiger charge is -2.05. The van der Waals surface area contributed by atoms with Crippen molar-refractivity contribution in [1.29, 1.82) is 0 Å². The van der Waals surface area contributed by atoms with Crippen molar-refractivity contribution in [2.75, 3.05) is 11.9 Å². The predicted molar refractivity (Wildman–Crippen MR) is 79.5 cm³/mol. The van der Waals surface area contributed by atoms with Crippen LogP contribution in [0.5, 0.6) is 0 Å². The van der Waals surface area contributed by atoms with Crippen molar-refractivity contribution >= 4 is 45.4 Å². The summed E-state index contributed by atoms with van der Waals surface area (Å²) in [6.45, 7) is 4.56. The summed E-state index contributed by atoms with van der Waals surface area (Å²) in [5.41, 5.74) is 1.21. The lowest BCUT2D eigenvalue weighted by molar-refractivity contribution is 0.0527. The highest BCUT2D eigenvalue weighted by molar-refractivity contribution is 7.16. The molecule has 2 rings (SSSR count). The van der Waals surface area contributed by atoms with Gasteiger partial charge in [-0.1, -0.05) is 11.6 Å². The zero-order chi connectivity index (χ0) is 13.8. The number of ether oxygens (including phenoxy) is 1. The van der Waals surface area contributed by atoms with Crippen molar-refractivity contribution in [3.63, 3.8) is 0 Å². The second kappa shape index (κ2) is 6.36. The van der Waals surface area contributed by atoms with Crippen molar-refractivity contribution in [2.45, 2.75) is 20.4 Å². The number of hydrogen-bond donors (Lipinski definition) is 1. The molecule has 0 fully saturated rings. The molecule has 0 amide bonds. The van der Waals surface area contributed by atoms with Crippen molar-refractivity contribution < 1.29 is 9.53 Å². The van der Waals surface area contributed by atoms with Gasteiger partial charge in [-0.2, -0.15) is 4.37 Å². The minimum Gasteiger partial charge on any atom is -0.462 e. The molecule has 0 aliphatic carbocycles. The Balaban J connectivity index is 2.10. The van der Waals surface area contributed by atoms with Gasteiger partial charge in [0, 0.05) is 4.88 Å². The molecule has 0 unspecified atom stereocenters. The molecule has 0 saturated heterocycles. The van der Waals surface area contributed by atoms with Gasteiger partial charge in [-0.05, 0) is 37.5 Å². The van der Waals surface area contributed by atoms with Gasteiger partial charge in [0.1, 0.15) is 10.6 Å². The first-order valence-electron chi connectivity index (χ1n) is 5.73. The Morgan fingerprint density at radius 2 is 2.32 bits per heavy atom. The molecule has 102 valence electrons. The zero-order valence-electron chi connectivity index (χ0n) is 10.5. The van der Waals surface area contributed by atoms with E-state index >= 15 is 0 Å². The van der Waals surface area contributed by atoms with Gasteiger partial charge in [-0.3, -0.25) is 0 Å². The molecule has 0 aromatic carbocycles. The van der Waals surface area contributed by atoms with E-state index in [-0.39, 0.29) is 5.97 Å². The number of aromatic nitrogens is 1. The topological polar surface area (TPSA) is 51.2 Å². The molecule has 0 spiro atoms. The number of carbonyl (C=O) groups excluding carboxylic acids is 1. The van der Waals surface area contributed by atoms with Crippen LogP contribution in [0.25, 0.3) is 0 Å². The first-order valence-corrected chi connectivity index (χ1v) is 7.70. The maximum Gasteiger partial charge on any atom is 0.343 e. The van der Waals surface area contributed by atoms with Gasteiger partial charge in [-0.25, -0.2) is 4.79 Å². The molecule has 0 saturated carbocycles. The fourth-order valence-corrected chi connectivity index (χ4v) is 3.35. The van der Waals surface area contributed by atoms with Crippen LogP contribution in [0.4, 0.5) is 5.00 Å². The van der Waals surface area contributed by atoms with Gasteiger partial charge in [0.2, 0.25) is 0 Å². The third kappa shape index (κ3) is 3.46. The lowest BCUT2D eigenvalue weighted by atomic mass is 10.2. The van der Waals surface area contributed by atoms with Gasteiger partial charge in [0.05, 0.1) is 23.2 Å². The first kappa shape index (κ1) is 14.3. The number of anilines is 1. The van der Waals surface area contributed by atoms with E-state index in [1.807, 2.05) is 12.1 Å². The van der Waals surface area contributed by atoms with Crippen LogP contribution in [0, 0.1) is 6.92 Å². The molecular formula is C12H13ClN2O2S2. The summed E-state index contributed by atoms with van der Waals surface area (Å²) in [6, 6.07) is 3.81. The molecule has 0 radical (unpaired) electrons. The molecule has 19 heavy (non-hydrogen) atoms. The van der Waals surface area contributed by atoms with E-state index in [0.29, 0.717) is 24.4 Å². The second-order valence-electron chi connectivity index (χ2n) is 3.75. The molecule has 4 nitrogen and oxygen atoms in total.